The molecule has 0 unspecified atom stereocenters. The van der Waals surface area contributed by atoms with E-state index in [1.54, 1.807) is 24.3 Å². The lowest BCUT2D eigenvalue weighted by atomic mass is 10.1. The number of Topliss-reactive ketones (excluding diaryl/α,β-unsaturated/α-hetero) is 1. The third kappa shape index (κ3) is 4.03. The van der Waals surface area contributed by atoms with E-state index in [4.69, 9.17) is 14.2 Å². The number of ether oxygens (including phenoxy) is 3. The molecular formula is C20H19NO6. The van der Waals surface area contributed by atoms with Crippen LogP contribution >= 0.6 is 0 Å². The summed E-state index contributed by atoms with van der Waals surface area (Å²) in [7, 11) is 1.49. The Morgan fingerprint density at radius 3 is 2.78 bits per heavy atom. The molecule has 0 radical (unpaired) electrons. The molecule has 0 saturated heterocycles. The molecular weight excluding hydrogens is 350 g/mol. The van der Waals surface area contributed by atoms with Crippen molar-refractivity contribution in [1.29, 1.82) is 0 Å². The number of aromatic hydroxyl groups is 1. The summed E-state index contributed by atoms with van der Waals surface area (Å²) in [5, 5.41) is 12.2. The van der Waals surface area contributed by atoms with Gasteiger partial charge in [-0.1, -0.05) is 6.07 Å². The van der Waals surface area contributed by atoms with Crippen LogP contribution < -0.4 is 19.5 Å². The van der Waals surface area contributed by atoms with Gasteiger partial charge in [0.1, 0.15) is 11.5 Å². The molecule has 3 rings (SSSR count). The van der Waals surface area contributed by atoms with Gasteiger partial charge in [0.05, 0.1) is 12.7 Å². The molecule has 0 bridgehead atoms. The fraction of sp³-hybridized carbons (Fsp3) is 0.200. The second-order valence-corrected chi connectivity index (χ2v) is 5.77. The minimum Gasteiger partial charge on any atom is -0.508 e. The fourth-order valence-electron chi connectivity index (χ4n) is 2.61. The molecule has 1 amide bonds. The van der Waals surface area contributed by atoms with E-state index in [-0.39, 0.29) is 29.8 Å². The predicted molar refractivity (Wildman–Crippen MR) is 98.2 cm³/mol. The van der Waals surface area contributed by atoms with Gasteiger partial charge >= 0.3 is 0 Å². The number of fused-ring (bicyclic) bond motifs is 1. The largest absolute Gasteiger partial charge is 0.508 e. The predicted octanol–water partition coefficient (Wildman–Crippen LogP) is 2.53. The van der Waals surface area contributed by atoms with Crippen LogP contribution in [0.1, 0.15) is 22.8 Å². The number of benzene rings is 2. The van der Waals surface area contributed by atoms with E-state index in [0.29, 0.717) is 34.9 Å². The maximum absolute atomic E-state index is 12.4. The zero-order chi connectivity index (χ0) is 19.4. The number of amides is 1. The van der Waals surface area contributed by atoms with Crippen LogP contribution in [0.4, 0.5) is 0 Å². The molecule has 2 aromatic carbocycles. The number of likely N-dealkylation sites (N-methyl/N-ethyl adjacent to an activating group) is 1. The highest BCUT2D eigenvalue weighted by molar-refractivity contribution is 6.14. The van der Waals surface area contributed by atoms with Gasteiger partial charge in [-0.2, -0.15) is 0 Å². The summed E-state index contributed by atoms with van der Waals surface area (Å²) >= 11 is 0. The number of ketones is 1. The topological polar surface area (TPSA) is 94.1 Å². The monoisotopic (exact) mass is 369 g/mol. The van der Waals surface area contributed by atoms with Crippen molar-refractivity contribution in [2.45, 2.75) is 6.92 Å². The molecule has 7 nitrogen and oxygen atoms in total. The summed E-state index contributed by atoms with van der Waals surface area (Å²) in [4.78, 5) is 23.9. The Bertz CT molecular complexity index is 919. The van der Waals surface area contributed by atoms with Crippen molar-refractivity contribution in [2.75, 3.05) is 20.3 Å². The number of carbonyl (C=O) groups excluding carboxylic acids is 2. The number of phenols is 1. The van der Waals surface area contributed by atoms with Crippen LogP contribution in [0.3, 0.4) is 0 Å². The summed E-state index contributed by atoms with van der Waals surface area (Å²) < 4.78 is 16.3. The van der Waals surface area contributed by atoms with Crippen molar-refractivity contribution >= 4 is 17.8 Å². The molecule has 1 aliphatic heterocycles. The Hall–Kier alpha value is -3.48. The summed E-state index contributed by atoms with van der Waals surface area (Å²) in [6.45, 7) is 2.23. The Morgan fingerprint density at radius 2 is 2.04 bits per heavy atom. The second-order valence-electron chi connectivity index (χ2n) is 5.77. The summed E-state index contributed by atoms with van der Waals surface area (Å²) in [6.07, 6.45) is 1.58. The molecule has 140 valence electrons. The number of nitrogens with one attached hydrogen (secondary N) is 1. The van der Waals surface area contributed by atoms with E-state index in [1.807, 2.05) is 6.92 Å². The first-order valence-corrected chi connectivity index (χ1v) is 8.36. The zero-order valence-electron chi connectivity index (χ0n) is 14.9. The van der Waals surface area contributed by atoms with Gasteiger partial charge in [-0.15, -0.1) is 0 Å². The molecule has 0 spiro atoms. The van der Waals surface area contributed by atoms with E-state index in [1.165, 1.54) is 25.3 Å². The average molecular weight is 369 g/mol. The summed E-state index contributed by atoms with van der Waals surface area (Å²) in [5.74, 6) is 0.844. The molecule has 27 heavy (non-hydrogen) atoms. The van der Waals surface area contributed by atoms with Crippen LogP contribution in [0.2, 0.25) is 0 Å². The van der Waals surface area contributed by atoms with Crippen LogP contribution in [0.5, 0.6) is 23.0 Å². The number of rotatable bonds is 6. The third-order valence-electron chi connectivity index (χ3n) is 3.87. The smallest absolute Gasteiger partial charge is 0.257 e. The van der Waals surface area contributed by atoms with Crippen LogP contribution in [-0.2, 0) is 4.79 Å². The van der Waals surface area contributed by atoms with Crippen molar-refractivity contribution in [3.05, 3.63) is 53.3 Å². The van der Waals surface area contributed by atoms with Crippen LogP contribution in [0.25, 0.3) is 6.08 Å². The highest BCUT2D eigenvalue weighted by Gasteiger charge is 2.27. The molecule has 1 aliphatic rings. The SMILES string of the molecule is CCNC(=O)COc1ccc(C=C2Oc3cc(O)ccc3C2=O)cc1OC. The molecule has 0 aromatic heterocycles. The van der Waals surface area contributed by atoms with Crippen LogP contribution in [-0.4, -0.2) is 37.1 Å². The lowest BCUT2D eigenvalue weighted by Gasteiger charge is -2.11. The van der Waals surface area contributed by atoms with E-state index in [0.717, 1.165) is 0 Å². The van der Waals surface area contributed by atoms with Crippen LogP contribution in [0.15, 0.2) is 42.2 Å². The quantitative estimate of drug-likeness (QED) is 0.760. The van der Waals surface area contributed by atoms with Gasteiger partial charge in [0.25, 0.3) is 5.91 Å². The highest BCUT2D eigenvalue weighted by Crippen LogP contribution is 2.35. The Labute approximate surface area is 156 Å². The first-order chi connectivity index (χ1) is 13.0. The lowest BCUT2D eigenvalue weighted by Crippen LogP contribution is -2.28. The molecule has 2 aromatic rings. The van der Waals surface area contributed by atoms with E-state index < -0.39 is 0 Å². The second kappa shape index (κ2) is 7.82. The molecule has 0 fully saturated rings. The first kappa shape index (κ1) is 18.3. The standard InChI is InChI=1S/C20H19NO6/c1-3-21-19(23)11-26-15-7-4-12(8-17(15)25-2)9-18-20(24)14-6-5-13(22)10-16(14)27-18/h4-10,22H,3,11H2,1-2H3,(H,21,23). The number of hydrogen-bond donors (Lipinski definition) is 2. The van der Waals surface area contributed by atoms with Gasteiger partial charge < -0.3 is 24.6 Å². The summed E-state index contributed by atoms with van der Waals surface area (Å²) in [6, 6.07) is 9.41. The molecule has 0 atom stereocenters. The number of methoxy groups -OCH3 is 1. The van der Waals surface area contributed by atoms with E-state index >= 15 is 0 Å². The van der Waals surface area contributed by atoms with Crippen molar-refractivity contribution in [3.8, 4) is 23.0 Å². The molecule has 1 heterocycles. The number of phenolic OH excluding ortho intramolecular Hbond substituents is 1. The van der Waals surface area contributed by atoms with Crippen molar-refractivity contribution in [3.63, 3.8) is 0 Å². The van der Waals surface area contributed by atoms with Gasteiger partial charge in [-0.05, 0) is 42.8 Å². The van der Waals surface area contributed by atoms with Crippen molar-refractivity contribution in [2.24, 2.45) is 0 Å². The lowest BCUT2D eigenvalue weighted by molar-refractivity contribution is -0.123. The maximum atomic E-state index is 12.4. The van der Waals surface area contributed by atoms with E-state index in [9.17, 15) is 14.7 Å². The molecule has 7 heteroatoms. The number of hydrogen-bond acceptors (Lipinski definition) is 6. The van der Waals surface area contributed by atoms with Gasteiger partial charge in [0.15, 0.2) is 23.9 Å². The van der Waals surface area contributed by atoms with Crippen molar-refractivity contribution in [1.82, 2.24) is 5.32 Å². The normalized spacial score (nSPS) is 13.9. The van der Waals surface area contributed by atoms with E-state index in [2.05, 4.69) is 5.32 Å². The Balaban J connectivity index is 1.79. The van der Waals surface area contributed by atoms with Gasteiger partial charge in [0.2, 0.25) is 5.78 Å². The Kier molecular flexibility index (Phi) is 5.30. The first-order valence-electron chi connectivity index (χ1n) is 8.36. The zero-order valence-corrected chi connectivity index (χ0v) is 14.9. The van der Waals surface area contributed by atoms with Crippen molar-refractivity contribution < 1.29 is 28.9 Å². The van der Waals surface area contributed by atoms with Crippen LogP contribution in [0, 0.1) is 0 Å². The average Bonchev–Trinajstić information content (AvgIpc) is 2.95. The molecule has 2 N–H and O–H groups in total. The Morgan fingerprint density at radius 1 is 1.22 bits per heavy atom. The summed E-state index contributed by atoms with van der Waals surface area (Å²) in [5.41, 5.74) is 1.06. The third-order valence-corrected chi connectivity index (χ3v) is 3.87. The number of allylic oxidation sites excluding steroid dienone is 1. The molecule has 0 aliphatic carbocycles. The van der Waals surface area contributed by atoms with Gasteiger partial charge in [0, 0.05) is 12.6 Å². The van der Waals surface area contributed by atoms with Gasteiger partial charge in [-0.25, -0.2) is 0 Å². The molecule has 0 saturated carbocycles. The fourth-order valence-corrected chi connectivity index (χ4v) is 2.61. The van der Waals surface area contributed by atoms with Gasteiger partial charge in [-0.3, -0.25) is 9.59 Å². The minimum atomic E-state index is -0.263. The highest BCUT2D eigenvalue weighted by atomic mass is 16.5. The number of carbonyl (C=O) groups is 2. The maximum Gasteiger partial charge on any atom is 0.257 e. The minimum absolute atomic E-state index is 0.0260.